The summed E-state index contributed by atoms with van der Waals surface area (Å²) in [5, 5.41) is 3.92. The number of halogens is 1. The lowest BCUT2D eigenvalue weighted by Gasteiger charge is -2.21. The SMILES string of the molecule is CCc1noc(CN(C)C(=O)c2ccc(Cl)c(S(=O)(=O)N3CCCCCC3)c2)n1. The van der Waals surface area contributed by atoms with Crippen LogP contribution in [0.25, 0.3) is 0 Å². The smallest absolute Gasteiger partial charge is 0.254 e. The standard InChI is InChI=1S/C19H25ClN4O4S/c1-3-17-21-18(28-22-17)13-23(2)19(25)14-8-9-15(20)16(12-14)29(26,27)24-10-6-4-5-7-11-24/h8-9,12H,3-7,10-11,13H2,1-2H3. The summed E-state index contributed by atoms with van der Waals surface area (Å²) >= 11 is 6.21. The summed E-state index contributed by atoms with van der Waals surface area (Å²) in [6.45, 7) is 2.97. The maximum absolute atomic E-state index is 13.1. The molecule has 1 aromatic heterocycles. The van der Waals surface area contributed by atoms with E-state index in [9.17, 15) is 13.2 Å². The first-order chi connectivity index (χ1) is 13.8. The summed E-state index contributed by atoms with van der Waals surface area (Å²) in [6.07, 6.45) is 4.30. The zero-order chi connectivity index (χ0) is 21.0. The van der Waals surface area contributed by atoms with E-state index in [1.165, 1.54) is 27.4 Å². The molecule has 29 heavy (non-hydrogen) atoms. The number of amides is 1. The Bertz CT molecular complexity index is 968. The second-order valence-electron chi connectivity index (χ2n) is 7.08. The number of aryl methyl sites for hydroxylation is 1. The molecular formula is C19H25ClN4O4S. The van der Waals surface area contributed by atoms with Gasteiger partial charge in [-0.15, -0.1) is 0 Å². The number of nitrogens with zero attached hydrogens (tertiary/aromatic N) is 4. The van der Waals surface area contributed by atoms with Crippen molar-refractivity contribution in [3.8, 4) is 0 Å². The van der Waals surface area contributed by atoms with E-state index in [4.69, 9.17) is 16.1 Å². The molecule has 1 amide bonds. The number of carbonyl (C=O) groups excluding carboxylic acids is 1. The normalized spacial score (nSPS) is 15.8. The van der Waals surface area contributed by atoms with Crippen LogP contribution in [0.3, 0.4) is 0 Å². The van der Waals surface area contributed by atoms with E-state index in [0.717, 1.165) is 25.7 Å². The highest BCUT2D eigenvalue weighted by molar-refractivity contribution is 7.89. The van der Waals surface area contributed by atoms with Gasteiger partial charge < -0.3 is 9.42 Å². The fourth-order valence-corrected chi connectivity index (χ4v) is 5.27. The van der Waals surface area contributed by atoms with Crippen molar-refractivity contribution in [2.24, 2.45) is 0 Å². The van der Waals surface area contributed by atoms with E-state index in [-0.39, 0.29) is 27.9 Å². The van der Waals surface area contributed by atoms with E-state index < -0.39 is 10.0 Å². The molecule has 10 heteroatoms. The second kappa shape index (κ2) is 9.23. The van der Waals surface area contributed by atoms with Crippen LogP contribution < -0.4 is 0 Å². The topological polar surface area (TPSA) is 96.6 Å². The van der Waals surface area contributed by atoms with E-state index in [0.29, 0.717) is 31.2 Å². The van der Waals surface area contributed by atoms with Crippen LogP contribution in [0.2, 0.25) is 5.02 Å². The Hall–Kier alpha value is -1.97. The van der Waals surface area contributed by atoms with E-state index >= 15 is 0 Å². The average Bonchev–Trinajstić information content (AvgIpc) is 2.97. The van der Waals surface area contributed by atoms with Gasteiger partial charge in [0.25, 0.3) is 5.91 Å². The third-order valence-electron chi connectivity index (χ3n) is 4.91. The van der Waals surface area contributed by atoms with Crippen molar-refractivity contribution in [3.05, 3.63) is 40.5 Å². The summed E-state index contributed by atoms with van der Waals surface area (Å²) in [4.78, 5) is 18.4. The second-order valence-corrected chi connectivity index (χ2v) is 9.40. The molecule has 0 bridgehead atoms. The van der Waals surface area contributed by atoms with E-state index in [1.54, 1.807) is 7.05 Å². The molecule has 0 radical (unpaired) electrons. The molecule has 0 saturated carbocycles. The molecule has 0 unspecified atom stereocenters. The van der Waals surface area contributed by atoms with Gasteiger partial charge in [0.1, 0.15) is 4.90 Å². The van der Waals surface area contributed by atoms with Gasteiger partial charge in [-0.05, 0) is 31.0 Å². The van der Waals surface area contributed by atoms with Gasteiger partial charge in [-0.3, -0.25) is 4.79 Å². The van der Waals surface area contributed by atoms with Gasteiger partial charge in [0.2, 0.25) is 15.9 Å². The van der Waals surface area contributed by atoms with Crippen LogP contribution in [0, 0.1) is 0 Å². The minimum absolute atomic E-state index is 0.0358. The van der Waals surface area contributed by atoms with Crippen molar-refractivity contribution in [3.63, 3.8) is 0 Å². The molecule has 2 heterocycles. The molecule has 1 aromatic carbocycles. The first-order valence-electron chi connectivity index (χ1n) is 9.69. The van der Waals surface area contributed by atoms with Gasteiger partial charge in [0, 0.05) is 32.1 Å². The third-order valence-corrected chi connectivity index (χ3v) is 7.29. The Morgan fingerprint density at radius 3 is 2.55 bits per heavy atom. The molecule has 1 fully saturated rings. The summed E-state index contributed by atoms with van der Waals surface area (Å²) in [5.41, 5.74) is 0.237. The molecule has 1 aliphatic rings. The minimum atomic E-state index is -3.77. The van der Waals surface area contributed by atoms with Gasteiger partial charge in [-0.25, -0.2) is 8.42 Å². The van der Waals surface area contributed by atoms with Crippen LogP contribution in [0.5, 0.6) is 0 Å². The predicted octanol–water partition coefficient (Wildman–Crippen LogP) is 3.12. The van der Waals surface area contributed by atoms with E-state index in [1.807, 2.05) is 6.92 Å². The van der Waals surface area contributed by atoms with Gasteiger partial charge in [0.15, 0.2) is 5.82 Å². The number of rotatable bonds is 6. The number of benzene rings is 1. The lowest BCUT2D eigenvalue weighted by Crippen LogP contribution is -2.32. The highest BCUT2D eigenvalue weighted by Crippen LogP contribution is 2.28. The number of hydrogen-bond acceptors (Lipinski definition) is 6. The molecule has 0 aliphatic carbocycles. The zero-order valence-electron chi connectivity index (χ0n) is 16.6. The molecule has 1 saturated heterocycles. The van der Waals surface area contributed by atoms with E-state index in [2.05, 4.69) is 10.1 Å². The fraction of sp³-hybridized carbons (Fsp3) is 0.526. The monoisotopic (exact) mass is 440 g/mol. The maximum atomic E-state index is 13.1. The number of hydrogen-bond donors (Lipinski definition) is 0. The van der Waals surface area contributed by atoms with Crippen molar-refractivity contribution < 1.29 is 17.7 Å². The average molecular weight is 441 g/mol. The largest absolute Gasteiger partial charge is 0.337 e. The highest BCUT2D eigenvalue weighted by atomic mass is 35.5. The van der Waals surface area contributed by atoms with Crippen molar-refractivity contribution in [2.45, 2.75) is 50.5 Å². The van der Waals surface area contributed by atoms with Crippen LogP contribution >= 0.6 is 11.6 Å². The van der Waals surface area contributed by atoms with Crippen molar-refractivity contribution >= 4 is 27.5 Å². The molecule has 2 aromatic rings. The number of sulfonamides is 1. The Labute approximate surface area is 175 Å². The molecule has 8 nitrogen and oxygen atoms in total. The molecule has 3 rings (SSSR count). The highest BCUT2D eigenvalue weighted by Gasteiger charge is 2.28. The first-order valence-corrected chi connectivity index (χ1v) is 11.5. The van der Waals surface area contributed by atoms with Crippen molar-refractivity contribution in [1.29, 1.82) is 0 Å². The summed E-state index contributed by atoms with van der Waals surface area (Å²) < 4.78 is 32.8. The van der Waals surface area contributed by atoms with Crippen molar-refractivity contribution in [2.75, 3.05) is 20.1 Å². The Morgan fingerprint density at radius 1 is 1.24 bits per heavy atom. The summed E-state index contributed by atoms with van der Waals surface area (Å²) in [7, 11) is -2.17. The van der Waals surface area contributed by atoms with Crippen LogP contribution in [0.1, 0.15) is 54.7 Å². The first kappa shape index (κ1) is 21.7. The predicted molar refractivity (Wildman–Crippen MR) is 108 cm³/mol. The van der Waals surface area contributed by atoms with Gasteiger partial charge >= 0.3 is 0 Å². The quantitative estimate of drug-likeness (QED) is 0.684. The lowest BCUT2D eigenvalue weighted by molar-refractivity contribution is 0.0769. The number of carbonyl (C=O) groups is 1. The van der Waals surface area contributed by atoms with Gasteiger partial charge in [-0.1, -0.05) is 36.5 Å². The molecule has 158 valence electrons. The Morgan fingerprint density at radius 2 is 1.93 bits per heavy atom. The minimum Gasteiger partial charge on any atom is -0.337 e. The molecule has 0 N–H and O–H groups in total. The Balaban J connectivity index is 1.82. The zero-order valence-corrected chi connectivity index (χ0v) is 18.2. The molecule has 0 atom stereocenters. The van der Waals surface area contributed by atoms with Crippen LogP contribution in [0.15, 0.2) is 27.6 Å². The van der Waals surface area contributed by atoms with Crippen LogP contribution in [-0.4, -0.2) is 53.8 Å². The van der Waals surface area contributed by atoms with Gasteiger partial charge in [0.05, 0.1) is 11.6 Å². The molecule has 1 aliphatic heterocycles. The number of aromatic nitrogens is 2. The maximum Gasteiger partial charge on any atom is 0.254 e. The lowest BCUT2D eigenvalue weighted by atomic mass is 10.2. The van der Waals surface area contributed by atoms with Crippen LogP contribution in [-0.2, 0) is 23.0 Å². The van der Waals surface area contributed by atoms with Crippen molar-refractivity contribution in [1.82, 2.24) is 19.3 Å². The summed E-state index contributed by atoms with van der Waals surface area (Å²) in [5.74, 6) is 0.535. The third kappa shape index (κ3) is 4.96. The Kier molecular flexibility index (Phi) is 6.92. The molecule has 0 spiro atoms. The molecular weight excluding hydrogens is 416 g/mol. The summed E-state index contributed by atoms with van der Waals surface area (Å²) in [6, 6.07) is 4.33. The van der Waals surface area contributed by atoms with Crippen LogP contribution in [0.4, 0.5) is 0 Å². The van der Waals surface area contributed by atoms with Gasteiger partial charge in [-0.2, -0.15) is 9.29 Å². The fourth-order valence-electron chi connectivity index (χ4n) is 3.25.